The zero-order valence-corrected chi connectivity index (χ0v) is 5.13. The first-order valence-corrected chi connectivity index (χ1v) is 3.31. The van der Waals surface area contributed by atoms with E-state index in [0.29, 0.717) is 11.8 Å². The van der Waals surface area contributed by atoms with E-state index >= 15 is 0 Å². The maximum atomic E-state index is 10.6. The molecule has 9 heavy (non-hydrogen) atoms. The van der Waals surface area contributed by atoms with E-state index in [1.807, 2.05) is 0 Å². The summed E-state index contributed by atoms with van der Waals surface area (Å²) >= 11 is 0. The van der Waals surface area contributed by atoms with Crippen LogP contribution in [0.3, 0.4) is 0 Å². The summed E-state index contributed by atoms with van der Waals surface area (Å²) in [5.74, 6) is 1.28. The number of amides is 1. The molecule has 2 aliphatic rings. The van der Waals surface area contributed by atoms with Crippen LogP contribution in [0.25, 0.3) is 0 Å². The molecule has 0 radical (unpaired) electrons. The molecule has 1 aliphatic heterocycles. The van der Waals surface area contributed by atoms with E-state index in [2.05, 4.69) is 5.32 Å². The topological polar surface area (TPSA) is 55.1 Å². The molecule has 1 aliphatic carbocycles. The Hall–Kier alpha value is -0.570. The molecule has 2 rings (SSSR count). The Bertz CT molecular complexity index is 147. The largest absolute Gasteiger partial charge is 0.369 e. The quantitative estimate of drug-likeness (QED) is 0.470. The van der Waals surface area contributed by atoms with Crippen molar-refractivity contribution in [1.29, 1.82) is 0 Å². The first-order valence-electron chi connectivity index (χ1n) is 3.31. The Labute approximate surface area is 53.6 Å². The van der Waals surface area contributed by atoms with Crippen molar-refractivity contribution in [3.63, 3.8) is 0 Å². The van der Waals surface area contributed by atoms with Gasteiger partial charge in [-0.2, -0.15) is 0 Å². The summed E-state index contributed by atoms with van der Waals surface area (Å²) in [5, 5.41) is 3.20. The molecule has 0 unspecified atom stereocenters. The van der Waals surface area contributed by atoms with E-state index in [-0.39, 0.29) is 11.8 Å². The number of nitrogens with two attached hydrogens (primary N) is 1. The van der Waals surface area contributed by atoms with Crippen LogP contribution in [-0.2, 0) is 4.79 Å². The SMILES string of the molecule is NC(=O)[C@@H]1[C@@H]2CNC[C@@H]21. The number of carbonyl (C=O) groups excluding carboxylic acids is 1. The lowest BCUT2D eigenvalue weighted by Crippen LogP contribution is -2.23. The zero-order chi connectivity index (χ0) is 6.43. The molecule has 0 aromatic carbocycles. The van der Waals surface area contributed by atoms with Crippen molar-refractivity contribution in [1.82, 2.24) is 5.32 Å². The minimum absolute atomic E-state index is 0.105. The highest BCUT2D eigenvalue weighted by atomic mass is 16.1. The van der Waals surface area contributed by atoms with E-state index in [1.54, 1.807) is 0 Å². The smallest absolute Gasteiger partial charge is 0.221 e. The first-order chi connectivity index (χ1) is 4.30. The monoisotopic (exact) mass is 126 g/mol. The summed E-state index contributed by atoms with van der Waals surface area (Å²) in [4.78, 5) is 10.6. The van der Waals surface area contributed by atoms with Gasteiger partial charge in [-0.15, -0.1) is 0 Å². The highest BCUT2D eigenvalue weighted by Gasteiger charge is 2.55. The van der Waals surface area contributed by atoms with Crippen LogP contribution in [0, 0.1) is 17.8 Å². The van der Waals surface area contributed by atoms with Gasteiger partial charge in [0.15, 0.2) is 0 Å². The van der Waals surface area contributed by atoms with Gasteiger partial charge in [0, 0.05) is 5.92 Å². The van der Waals surface area contributed by atoms with Crippen LogP contribution in [-0.4, -0.2) is 19.0 Å². The van der Waals surface area contributed by atoms with Crippen molar-refractivity contribution < 1.29 is 4.79 Å². The van der Waals surface area contributed by atoms with E-state index in [1.165, 1.54) is 0 Å². The number of carbonyl (C=O) groups is 1. The lowest BCUT2D eigenvalue weighted by Gasteiger charge is -1.97. The van der Waals surface area contributed by atoms with Gasteiger partial charge in [0.1, 0.15) is 0 Å². The van der Waals surface area contributed by atoms with Crippen molar-refractivity contribution in [2.75, 3.05) is 13.1 Å². The van der Waals surface area contributed by atoms with Crippen LogP contribution < -0.4 is 11.1 Å². The number of fused-ring (bicyclic) bond motifs is 1. The summed E-state index contributed by atoms with van der Waals surface area (Å²) in [5.41, 5.74) is 5.12. The van der Waals surface area contributed by atoms with Gasteiger partial charge >= 0.3 is 0 Å². The number of hydrogen-bond donors (Lipinski definition) is 2. The van der Waals surface area contributed by atoms with E-state index in [0.717, 1.165) is 13.1 Å². The molecule has 3 nitrogen and oxygen atoms in total. The molecule has 1 saturated heterocycles. The molecule has 0 aromatic heterocycles. The Morgan fingerprint density at radius 2 is 2.00 bits per heavy atom. The molecule has 0 spiro atoms. The molecule has 1 amide bonds. The van der Waals surface area contributed by atoms with E-state index < -0.39 is 0 Å². The second kappa shape index (κ2) is 1.48. The fourth-order valence-corrected chi connectivity index (χ4v) is 1.84. The molecule has 3 N–H and O–H groups in total. The third kappa shape index (κ3) is 0.580. The third-order valence-corrected chi connectivity index (χ3v) is 2.42. The molecule has 1 heterocycles. The van der Waals surface area contributed by atoms with Crippen LogP contribution in [0.1, 0.15) is 0 Å². The summed E-state index contributed by atoms with van der Waals surface area (Å²) < 4.78 is 0. The highest BCUT2D eigenvalue weighted by molar-refractivity contribution is 5.80. The van der Waals surface area contributed by atoms with Gasteiger partial charge in [-0.25, -0.2) is 0 Å². The molecule has 3 heteroatoms. The molecular formula is C6H10N2O. The van der Waals surface area contributed by atoms with Gasteiger partial charge in [0.2, 0.25) is 5.91 Å². The van der Waals surface area contributed by atoms with E-state index in [4.69, 9.17) is 5.73 Å². The lowest BCUT2D eigenvalue weighted by atomic mass is 10.3. The molecule has 1 saturated carbocycles. The van der Waals surface area contributed by atoms with Crippen LogP contribution in [0.4, 0.5) is 0 Å². The average Bonchev–Trinajstić information content (AvgIpc) is 2.30. The standard InChI is InChI=1S/C6H10N2O/c7-6(9)5-3-1-8-2-4(3)5/h3-5,8H,1-2H2,(H2,7,9)/t3-,4+,5-. The zero-order valence-electron chi connectivity index (χ0n) is 5.13. The Morgan fingerprint density at radius 1 is 1.44 bits per heavy atom. The highest BCUT2D eigenvalue weighted by Crippen LogP contribution is 2.48. The number of primary amides is 1. The van der Waals surface area contributed by atoms with Crippen LogP contribution in [0.5, 0.6) is 0 Å². The second-order valence-electron chi connectivity index (χ2n) is 2.91. The third-order valence-electron chi connectivity index (χ3n) is 2.42. The molecule has 3 atom stereocenters. The Balaban J connectivity index is 2.02. The van der Waals surface area contributed by atoms with Crippen LogP contribution in [0.15, 0.2) is 0 Å². The Morgan fingerprint density at radius 3 is 2.33 bits per heavy atom. The molecule has 2 fully saturated rings. The summed E-state index contributed by atoms with van der Waals surface area (Å²) in [6, 6.07) is 0. The minimum atomic E-state index is -0.105. The van der Waals surface area contributed by atoms with Crippen molar-refractivity contribution >= 4 is 5.91 Å². The number of hydrogen-bond acceptors (Lipinski definition) is 2. The normalized spacial score (nSPS) is 46.4. The van der Waals surface area contributed by atoms with Crippen molar-refractivity contribution in [2.45, 2.75) is 0 Å². The first kappa shape index (κ1) is 5.23. The summed E-state index contributed by atoms with van der Waals surface area (Å²) in [6.07, 6.45) is 0. The molecule has 50 valence electrons. The van der Waals surface area contributed by atoms with Gasteiger partial charge in [-0.3, -0.25) is 4.79 Å². The van der Waals surface area contributed by atoms with E-state index in [9.17, 15) is 4.79 Å². The number of rotatable bonds is 1. The van der Waals surface area contributed by atoms with Crippen molar-refractivity contribution in [2.24, 2.45) is 23.5 Å². The predicted octanol–water partition coefficient (Wildman–Crippen LogP) is -1.06. The lowest BCUT2D eigenvalue weighted by molar-refractivity contribution is -0.119. The van der Waals surface area contributed by atoms with Gasteiger partial charge < -0.3 is 11.1 Å². The molecule has 0 aromatic rings. The van der Waals surface area contributed by atoms with Gasteiger partial charge in [-0.05, 0) is 24.9 Å². The average molecular weight is 126 g/mol. The van der Waals surface area contributed by atoms with Gasteiger partial charge in [0.05, 0.1) is 0 Å². The fraction of sp³-hybridized carbons (Fsp3) is 0.833. The second-order valence-corrected chi connectivity index (χ2v) is 2.91. The van der Waals surface area contributed by atoms with Crippen LogP contribution >= 0.6 is 0 Å². The number of piperidine rings is 1. The maximum Gasteiger partial charge on any atom is 0.221 e. The molecule has 0 bridgehead atoms. The number of nitrogens with one attached hydrogen (secondary N) is 1. The van der Waals surface area contributed by atoms with Gasteiger partial charge in [0.25, 0.3) is 0 Å². The Kier molecular flexibility index (Phi) is 0.858. The fourth-order valence-electron chi connectivity index (χ4n) is 1.84. The summed E-state index contributed by atoms with van der Waals surface area (Å²) in [6.45, 7) is 2.00. The van der Waals surface area contributed by atoms with Crippen molar-refractivity contribution in [3.8, 4) is 0 Å². The van der Waals surface area contributed by atoms with Crippen molar-refractivity contribution in [3.05, 3.63) is 0 Å². The minimum Gasteiger partial charge on any atom is -0.369 e. The predicted molar refractivity (Wildman–Crippen MR) is 32.5 cm³/mol. The van der Waals surface area contributed by atoms with Crippen LogP contribution in [0.2, 0.25) is 0 Å². The molecular weight excluding hydrogens is 116 g/mol. The summed E-state index contributed by atoms with van der Waals surface area (Å²) in [7, 11) is 0. The maximum absolute atomic E-state index is 10.6. The van der Waals surface area contributed by atoms with Gasteiger partial charge in [-0.1, -0.05) is 0 Å².